The minimum atomic E-state index is -0.512. The van der Waals surface area contributed by atoms with Crippen LogP contribution in [0.3, 0.4) is 0 Å². The van der Waals surface area contributed by atoms with Gasteiger partial charge < -0.3 is 20.3 Å². The van der Waals surface area contributed by atoms with Crippen LogP contribution in [0.2, 0.25) is 0 Å². The maximum atomic E-state index is 9.74. The van der Waals surface area contributed by atoms with E-state index in [-0.39, 0.29) is 12.6 Å². The topological polar surface area (TPSA) is 64.7 Å². The van der Waals surface area contributed by atoms with E-state index in [9.17, 15) is 5.11 Å². The van der Waals surface area contributed by atoms with Crippen LogP contribution in [-0.2, 0) is 5.41 Å². The normalized spacial score (nSPS) is 12.4. The largest absolute Gasteiger partial charge is 0.497 e. The van der Waals surface area contributed by atoms with Gasteiger partial charge in [-0.25, -0.2) is 0 Å². The highest BCUT2D eigenvalue weighted by Gasteiger charge is 2.37. The summed E-state index contributed by atoms with van der Waals surface area (Å²) in [5, 5.41) is 9.74. The second kappa shape index (κ2) is 8.91. The van der Waals surface area contributed by atoms with E-state index in [1.54, 1.807) is 14.2 Å². The lowest BCUT2D eigenvalue weighted by Crippen LogP contribution is -2.39. The van der Waals surface area contributed by atoms with Gasteiger partial charge in [0.1, 0.15) is 11.5 Å². The third kappa shape index (κ3) is 3.88. The summed E-state index contributed by atoms with van der Waals surface area (Å²) in [6.07, 6.45) is 0.562. The van der Waals surface area contributed by atoms with Crippen LogP contribution in [0.25, 0.3) is 0 Å². The third-order valence-electron chi connectivity index (χ3n) is 5.24. The molecular weight excluding hydrogens is 350 g/mol. The Morgan fingerprint density at radius 1 is 0.750 bits per heavy atom. The van der Waals surface area contributed by atoms with Gasteiger partial charge in [-0.05, 0) is 47.4 Å². The first-order valence-electron chi connectivity index (χ1n) is 9.35. The van der Waals surface area contributed by atoms with Crippen LogP contribution < -0.4 is 15.2 Å². The molecule has 146 valence electrons. The van der Waals surface area contributed by atoms with E-state index in [2.05, 4.69) is 36.4 Å². The van der Waals surface area contributed by atoms with Gasteiger partial charge in [-0.3, -0.25) is 0 Å². The fourth-order valence-electron chi connectivity index (χ4n) is 3.79. The molecule has 0 amide bonds. The van der Waals surface area contributed by atoms with Gasteiger partial charge in [0, 0.05) is 11.5 Å². The molecule has 0 radical (unpaired) electrons. The van der Waals surface area contributed by atoms with Gasteiger partial charge in [-0.2, -0.15) is 0 Å². The van der Waals surface area contributed by atoms with Crippen LogP contribution in [0.5, 0.6) is 11.5 Å². The third-order valence-corrected chi connectivity index (χ3v) is 5.24. The summed E-state index contributed by atoms with van der Waals surface area (Å²) < 4.78 is 10.7. The van der Waals surface area contributed by atoms with Gasteiger partial charge in [0.25, 0.3) is 0 Å². The van der Waals surface area contributed by atoms with Crippen molar-refractivity contribution in [1.29, 1.82) is 0 Å². The lowest BCUT2D eigenvalue weighted by Gasteiger charge is -2.38. The Labute approximate surface area is 166 Å². The molecule has 1 unspecified atom stereocenters. The summed E-state index contributed by atoms with van der Waals surface area (Å²) in [5.74, 6) is 1.60. The van der Waals surface area contributed by atoms with Crippen molar-refractivity contribution < 1.29 is 14.6 Å². The molecule has 0 fully saturated rings. The number of aliphatic hydroxyl groups is 1. The van der Waals surface area contributed by atoms with E-state index in [1.165, 1.54) is 0 Å². The molecule has 3 aromatic carbocycles. The predicted octanol–water partition coefficient (Wildman–Crippen LogP) is 3.75. The van der Waals surface area contributed by atoms with Crippen molar-refractivity contribution in [3.63, 3.8) is 0 Å². The summed E-state index contributed by atoms with van der Waals surface area (Å²) in [6.45, 7) is -0.0824. The highest BCUT2D eigenvalue weighted by atomic mass is 16.5. The fraction of sp³-hybridized carbons (Fsp3) is 0.250. The molecule has 4 nitrogen and oxygen atoms in total. The Hall–Kier alpha value is -2.82. The zero-order chi connectivity index (χ0) is 20.0. The van der Waals surface area contributed by atoms with Gasteiger partial charge in [0.2, 0.25) is 0 Å². The summed E-state index contributed by atoms with van der Waals surface area (Å²) in [7, 11) is 3.31. The molecule has 0 saturated heterocycles. The molecule has 0 aliphatic heterocycles. The molecule has 0 saturated carbocycles. The van der Waals surface area contributed by atoms with E-state index in [0.717, 1.165) is 28.2 Å². The van der Waals surface area contributed by atoms with E-state index in [4.69, 9.17) is 15.2 Å². The molecule has 28 heavy (non-hydrogen) atoms. The Kier molecular flexibility index (Phi) is 6.34. The Bertz CT molecular complexity index is 813. The quantitative estimate of drug-likeness (QED) is 0.587. The number of ether oxygens (including phenoxy) is 2. The van der Waals surface area contributed by atoms with Gasteiger partial charge in [-0.1, -0.05) is 54.6 Å². The zero-order valence-electron chi connectivity index (χ0n) is 16.3. The van der Waals surface area contributed by atoms with Crippen molar-refractivity contribution in [2.24, 2.45) is 5.73 Å². The highest BCUT2D eigenvalue weighted by molar-refractivity contribution is 5.52. The summed E-state index contributed by atoms with van der Waals surface area (Å²) in [6, 6.07) is 26.0. The second-order valence-corrected chi connectivity index (χ2v) is 6.88. The zero-order valence-corrected chi connectivity index (χ0v) is 16.3. The van der Waals surface area contributed by atoms with Crippen molar-refractivity contribution in [3.05, 3.63) is 95.6 Å². The van der Waals surface area contributed by atoms with Crippen molar-refractivity contribution in [2.75, 3.05) is 20.8 Å². The first-order chi connectivity index (χ1) is 13.6. The lowest BCUT2D eigenvalue weighted by atomic mass is 9.66. The van der Waals surface area contributed by atoms with Gasteiger partial charge in [0.05, 0.1) is 20.8 Å². The van der Waals surface area contributed by atoms with Gasteiger partial charge >= 0.3 is 0 Å². The molecular formula is C24H27NO3. The van der Waals surface area contributed by atoms with Crippen molar-refractivity contribution in [1.82, 2.24) is 0 Å². The molecule has 0 aromatic heterocycles. The first kappa shape index (κ1) is 19.9. The molecule has 4 heteroatoms. The minimum absolute atomic E-state index is 0.0824. The lowest BCUT2D eigenvalue weighted by molar-refractivity contribution is 0.248. The molecule has 3 aromatic rings. The van der Waals surface area contributed by atoms with Crippen LogP contribution >= 0.6 is 0 Å². The smallest absolute Gasteiger partial charge is 0.118 e. The average Bonchev–Trinajstić information content (AvgIpc) is 2.78. The number of aliphatic hydroxyl groups excluding tert-OH is 1. The number of hydrogen-bond donors (Lipinski definition) is 2. The number of rotatable bonds is 8. The molecule has 0 aliphatic rings. The maximum absolute atomic E-state index is 9.74. The van der Waals surface area contributed by atoms with Crippen molar-refractivity contribution in [2.45, 2.75) is 17.9 Å². The van der Waals surface area contributed by atoms with Crippen LogP contribution in [0.1, 0.15) is 23.1 Å². The summed E-state index contributed by atoms with van der Waals surface area (Å²) >= 11 is 0. The molecule has 0 spiro atoms. The molecule has 0 bridgehead atoms. The van der Waals surface area contributed by atoms with Gasteiger partial charge in [-0.15, -0.1) is 0 Å². The summed E-state index contributed by atoms with van der Waals surface area (Å²) in [4.78, 5) is 0. The monoisotopic (exact) mass is 377 g/mol. The molecule has 0 aliphatic carbocycles. The Balaban J connectivity index is 2.26. The highest BCUT2D eigenvalue weighted by Crippen LogP contribution is 2.43. The van der Waals surface area contributed by atoms with Crippen LogP contribution in [0.4, 0.5) is 0 Å². The van der Waals surface area contributed by atoms with Crippen LogP contribution in [0, 0.1) is 0 Å². The van der Waals surface area contributed by atoms with E-state index < -0.39 is 5.41 Å². The predicted molar refractivity (Wildman–Crippen MR) is 112 cm³/mol. The van der Waals surface area contributed by atoms with Crippen LogP contribution in [0.15, 0.2) is 78.9 Å². The molecule has 3 rings (SSSR count). The van der Waals surface area contributed by atoms with Gasteiger partial charge in [0.15, 0.2) is 0 Å². The second-order valence-electron chi connectivity index (χ2n) is 6.88. The standard InChI is InChI=1S/C24H27NO3/c1-27-22-12-8-19(9-13-22)24(16-21(25)17-26,18-6-4-3-5-7-18)20-10-14-23(28-2)15-11-20/h3-15,21,26H,16-17,25H2,1-2H3. The van der Waals surface area contributed by atoms with Crippen molar-refractivity contribution >= 4 is 0 Å². The molecule has 3 N–H and O–H groups in total. The minimum Gasteiger partial charge on any atom is -0.497 e. The Morgan fingerprint density at radius 3 is 1.57 bits per heavy atom. The van der Waals surface area contributed by atoms with E-state index in [0.29, 0.717) is 6.42 Å². The molecule has 1 atom stereocenters. The number of methoxy groups -OCH3 is 2. The summed E-state index contributed by atoms with van der Waals surface area (Å²) in [5.41, 5.74) is 9.07. The number of benzene rings is 3. The SMILES string of the molecule is COc1ccc(C(CC(N)CO)(c2ccccc2)c2ccc(OC)cc2)cc1. The van der Waals surface area contributed by atoms with Crippen molar-refractivity contribution in [3.8, 4) is 11.5 Å². The average molecular weight is 377 g/mol. The Morgan fingerprint density at radius 2 is 1.18 bits per heavy atom. The maximum Gasteiger partial charge on any atom is 0.118 e. The van der Waals surface area contributed by atoms with E-state index in [1.807, 2.05) is 42.5 Å². The molecule has 0 heterocycles. The van der Waals surface area contributed by atoms with Crippen LogP contribution in [-0.4, -0.2) is 32.0 Å². The van der Waals surface area contributed by atoms with E-state index >= 15 is 0 Å². The number of nitrogens with two attached hydrogens (primary N) is 1. The fourth-order valence-corrected chi connectivity index (χ4v) is 3.79. The number of hydrogen-bond acceptors (Lipinski definition) is 4. The first-order valence-corrected chi connectivity index (χ1v) is 9.35.